The van der Waals surface area contributed by atoms with Gasteiger partial charge in [-0.05, 0) is 56.1 Å². The number of amides is 1. The Hall–Kier alpha value is -2.13. The van der Waals surface area contributed by atoms with Crippen LogP contribution in [0.4, 0.5) is 0 Å². The monoisotopic (exact) mass is 439 g/mol. The van der Waals surface area contributed by atoms with E-state index in [1.165, 1.54) is 31.3 Å². The van der Waals surface area contributed by atoms with Crippen LogP contribution in [0.3, 0.4) is 0 Å². The maximum atomic E-state index is 12.6. The van der Waals surface area contributed by atoms with E-state index in [0.717, 1.165) is 15.6 Å². The molecule has 2 aromatic carbocycles. The van der Waals surface area contributed by atoms with Gasteiger partial charge in [0.25, 0.3) is 0 Å². The molecule has 0 fully saturated rings. The average Bonchev–Trinajstić information content (AvgIpc) is 2.68. The lowest BCUT2D eigenvalue weighted by Crippen LogP contribution is -2.41. The summed E-state index contributed by atoms with van der Waals surface area (Å²) < 4.78 is 31.4. The van der Waals surface area contributed by atoms with Gasteiger partial charge in [-0.1, -0.05) is 23.7 Å². The highest BCUT2D eigenvalue weighted by atomic mass is 35.5. The van der Waals surface area contributed by atoms with Crippen molar-refractivity contribution in [3.63, 3.8) is 0 Å². The number of halogens is 1. The van der Waals surface area contributed by atoms with E-state index in [1.54, 1.807) is 7.11 Å². The lowest BCUT2D eigenvalue weighted by molar-refractivity contribution is -0.121. The van der Waals surface area contributed by atoms with Crippen LogP contribution in [0.2, 0.25) is 5.02 Å². The predicted octanol–water partition coefficient (Wildman–Crippen LogP) is 2.39. The van der Waals surface area contributed by atoms with Crippen LogP contribution in [0.15, 0.2) is 53.4 Å². The van der Waals surface area contributed by atoms with Crippen LogP contribution in [0.5, 0.6) is 5.75 Å². The summed E-state index contributed by atoms with van der Waals surface area (Å²) in [6, 6.07) is 13.4. The van der Waals surface area contributed by atoms with Gasteiger partial charge in [-0.2, -0.15) is 4.31 Å². The van der Waals surface area contributed by atoms with Crippen LogP contribution >= 0.6 is 11.6 Å². The predicted molar refractivity (Wildman–Crippen MR) is 114 cm³/mol. The first-order valence-corrected chi connectivity index (χ1v) is 10.8. The van der Waals surface area contributed by atoms with Gasteiger partial charge in [0.1, 0.15) is 5.75 Å². The summed E-state index contributed by atoms with van der Waals surface area (Å²) in [7, 11) is 3.03. The number of nitrogens with one attached hydrogen (secondary N) is 1. The number of hydrogen-bond acceptors (Lipinski definition) is 5. The van der Waals surface area contributed by atoms with Crippen LogP contribution in [-0.4, -0.2) is 64.9 Å². The molecule has 1 atom stereocenters. The number of methoxy groups -OCH3 is 1. The molecule has 0 bridgehead atoms. The fourth-order valence-corrected chi connectivity index (χ4v) is 4.02. The van der Waals surface area contributed by atoms with Crippen molar-refractivity contribution in [2.75, 3.05) is 41.3 Å². The number of nitrogens with zero attached hydrogens (tertiary/aromatic N) is 2. The van der Waals surface area contributed by atoms with Gasteiger partial charge in [0.15, 0.2) is 0 Å². The topological polar surface area (TPSA) is 79.0 Å². The summed E-state index contributed by atoms with van der Waals surface area (Å²) in [6.07, 6.45) is 0. The quantitative estimate of drug-likeness (QED) is 0.649. The van der Waals surface area contributed by atoms with Crippen molar-refractivity contribution < 1.29 is 17.9 Å². The minimum Gasteiger partial charge on any atom is -0.497 e. The minimum absolute atomic E-state index is 0.0666. The maximum Gasteiger partial charge on any atom is 0.243 e. The smallest absolute Gasteiger partial charge is 0.243 e. The first kappa shape index (κ1) is 23.2. The van der Waals surface area contributed by atoms with Crippen LogP contribution in [0, 0.1) is 0 Å². The fraction of sp³-hybridized carbons (Fsp3) is 0.350. The molecule has 0 spiro atoms. The number of ether oxygens (including phenoxy) is 1. The van der Waals surface area contributed by atoms with E-state index >= 15 is 0 Å². The van der Waals surface area contributed by atoms with E-state index in [9.17, 15) is 13.2 Å². The Morgan fingerprint density at radius 2 is 1.66 bits per heavy atom. The molecule has 0 heterocycles. The molecule has 0 aliphatic carbocycles. The van der Waals surface area contributed by atoms with Crippen LogP contribution in [0.25, 0.3) is 0 Å². The summed E-state index contributed by atoms with van der Waals surface area (Å²) in [5, 5.41) is 3.26. The molecule has 1 N–H and O–H groups in total. The molecule has 0 saturated carbocycles. The second-order valence-corrected chi connectivity index (χ2v) is 9.25. The normalized spacial score (nSPS) is 12.8. The molecule has 29 heavy (non-hydrogen) atoms. The number of likely N-dealkylation sites (N-methyl/N-ethyl adjacent to an activating group) is 2. The standard InChI is InChI=1S/C20H26ClN3O4S/c1-23(2)19(15-5-9-17(28-4)10-6-15)13-22-20(25)14-24(3)29(26,27)18-11-7-16(21)8-12-18/h5-12,19H,13-14H2,1-4H3,(H,22,25). The van der Waals surface area contributed by atoms with Crippen molar-refractivity contribution >= 4 is 27.5 Å². The molecule has 0 aliphatic rings. The molecule has 1 unspecified atom stereocenters. The fourth-order valence-electron chi connectivity index (χ4n) is 2.76. The highest BCUT2D eigenvalue weighted by molar-refractivity contribution is 7.89. The third-order valence-electron chi connectivity index (χ3n) is 4.50. The number of carbonyl (C=O) groups excluding carboxylic acids is 1. The summed E-state index contributed by atoms with van der Waals surface area (Å²) in [5.74, 6) is 0.370. The zero-order chi connectivity index (χ0) is 21.6. The molecule has 158 valence electrons. The van der Waals surface area contributed by atoms with Crippen molar-refractivity contribution in [3.8, 4) is 5.75 Å². The Kier molecular flexibility index (Phi) is 8.04. The molecule has 9 heteroatoms. The van der Waals surface area contributed by atoms with Gasteiger partial charge in [-0.3, -0.25) is 4.79 Å². The van der Waals surface area contributed by atoms with Crippen molar-refractivity contribution in [1.29, 1.82) is 0 Å². The Morgan fingerprint density at radius 3 is 2.17 bits per heavy atom. The zero-order valence-electron chi connectivity index (χ0n) is 16.9. The summed E-state index contributed by atoms with van der Waals surface area (Å²) in [6.45, 7) is 0.0563. The summed E-state index contributed by atoms with van der Waals surface area (Å²) in [4.78, 5) is 14.4. The molecule has 0 radical (unpaired) electrons. The van der Waals surface area contributed by atoms with Crippen molar-refractivity contribution in [1.82, 2.24) is 14.5 Å². The lowest BCUT2D eigenvalue weighted by atomic mass is 10.1. The van der Waals surface area contributed by atoms with E-state index in [1.807, 2.05) is 43.3 Å². The highest BCUT2D eigenvalue weighted by Crippen LogP contribution is 2.21. The average molecular weight is 440 g/mol. The van der Waals surface area contributed by atoms with Gasteiger partial charge >= 0.3 is 0 Å². The zero-order valence-corrected chi connectivity index (χ0v) is 18.5. The molecule has 0 aromatic heterocycles. The van der Waals surface area contributed by atoms with Gasteiger partial charge in [0.2, 0.25) is 15.9 Å². The number of sulfonamides is 1. The minimum atomic E-state index is -3.78. The molecule has 2 aromatic rings. The Labute approximate surface area is 177 Å². The van der Waals surface area contributed by atoms with Gasteiger partial charge in [0, 0.05) is 18.6 Å². The van der Waals surface area contributed by atoms with E-state index in [4.69, 9.17) is 16.3 Å². The van der Waals surface area contributed by atoms with Crippen molar-refractivity contribution in [3.05, 3.63) is 59.1 Å². The number of rotatable bonds is 9. The Morgan fingerprint density at radius 1 is 1.07 bits per heavy atom. The number of benzene rings is 2. The summed E-state index contributed by atoms with van der Waals surface area (Å²) >= 11 is 5.81. The second kappa shape index (κ2) is 10.1. The molecule has 0 aliphatic heterocycles. The molecular weight excluding hydrogens is 414 g/mol. The lowest BCUT2D eigenvalue weighted by Gasteiger charge is -2.26. The van der Waals surface area contributed by atoms with Gasteiger partial charge in [-0.25, -0.2) is 8.42 Å². The molecule has 0 saturated heterocycles. The van der Waals surface area contributed by atoms with Gasteiger partial charge < -0.3 is 15.0 Å². The van der Waals surface area contributed by atoms with E-state index in [2.05, 4.69) is 5.32 Å². The molecule has 2 rings (SSSR count). The second-order valence-electron chi connectivity index (χ2n) is 6.77. The third-order valence-corrected chi connectivity index (χ3v) is 6.57. The van der Waals surface area contributed by atoms with Crippen LogP contribution in [0.1, 0.15) is 11.6 Å². The van der Waals surface area contributed by atoms with Gasteiger partial charge in [0.05, 0.1) is 24.6 Å². The number of hydrogen-bond donors (Lipinski definition) is 1. The third kappa shape index (κ3) is 6.17. The molecule has 7 nitrogen and oxygen atoms in total. The first-order valence-electron chi connectivity index (χ1n) is 8.94. The molecular formula is C20H26ClN3O4S. The van der Waals surface area contributed by atoms with Gasteiger partial charge in [-0.15, -0.1) is 0 Å². The van der Waals surface area contributed by atoms with Crippen LogP contribution < -0.4 is 10.1 Å². The Bertz CT molecular complexity index is 916. The van der Waals surface area contributed by atoms with Crippen LogP contribution in [-0.2, 0) is 14.8 Å². The molecule has 1 amide bonds. The van der Waals surface area contributed by atoms with E-state index in [0.29, 0.717) is 11.6 Å². The van der Waals surface area contributed by atoms with E-state index < -0.39 is 10.0 Å². The van der Waals surface area contributed by atoms with E-state index in [-0.39, 0.29) is 23.4 Å². The largest absolute Gasteiger partial charge is 0.497 e. The summed E-state index contributed by atoms with van der Waals surface area (Å²) in [5.41, 5.74) is 1.01. The van der Waals surface area contributed by atoms with Crippen molar-refractivity contribution in [2.24, 2.45) is 0 Å². The Balaban J connectivity index is 2.00. The van der Waals surface area contributed by atoms with Crippen molar-refractivity contribution in [2.45, 2.75) is 10.9 Å². The first-order chi connectivity index (χ1) is 13.6. The highest BCUT2D eigenvalue weighted by Gasteiger charge is 2.23. The number of carbonyl (C=O) groups is 1. The maximum absolute atomic E-state index is 12.6. The SMILES string of the molecule is COc1ccc(C(CNC(=O)CN(C)S(=O)(=O)c2ccc(Cl)cc2)N(C)C)cc1.